The number of rotatable bonds is 2. The summed E-state index contributed by atoms with van der Waals surface area (Å²) in [7, 11) is -0.768. The Hall–Kier alpha value is -0.830. The molecule has 3 heteroatoms. The number of allylic oxidation sites excluding steroid dienone is 4. The molecule has 1 rings (SSSR count). The molecule has 1 atom stereocenters. The Balaban J connectivity index is 2.78. The zero-order valence-electron chi connectivity index (χ0n) is 7.33. The molecule has 0 spiro atoms. The van der Waals surface area contributed by atoms with Crippen molar-refractivity contribution in [2.24, 2.45) is 0 Å². The van der Waals surface area contributed by atoms with Crippen molar-refractivity contribution in [3.63, 3.8) is 0 Å². The maximum absolute atomic E-state index is 11.0. The molecule has 0 saturated heterocycles. The third-order valence-electron chi connectivity index (χ3n) is 1.65. The summed E-state index contributed by atoms with van der Waals surface area (Å²) in [5.74, 6) is 0.622. The van der Waals surface area contributed by atoms with Gasteiger partial charge in [0.2, 0.25) is 0 Å². The quantitative estimate of drug-likeness (QED) is 0.699. The summed E-state index contributed by atoms with van der Waals surface area (Å²) in [6, 6.07) is 0. The van der Waals surface area contributed by atoms with Crippen molar-refractivity contribution < 1.29 is 4.21 Å². The van der Waals surface area contributed by atoms with Crippen LogP contribution in [-0.2, 0) is 10.8 Å². The van der Waals surface area contributed by atoms with Crippen molar-refractivity contribution in [3.8, 4) is 0 Å². The SMILES string of the molecule is CC1=C(C[S@@](C)=O)C=CC=CN1. The van der Waals surface area contributed by atoms with E-state index in [4.69, 9.17) is 0 Å². The van der Waals surface area contributed by atoms with Crippen LogP contribution < -0.4 is 5.32 Å². The highest BCUT2D eigenvalue weighted by Crippen LogP contribution is 2.07. The Morgan fingerprint density at radius 1 is 1.50 bits per heavy atom. The Bertz CT molecular complexity index is 276. The first-order chi connectivity index (χ1) is 5.70. The highest BCUT2D eigenvalue weighted by atomic mass is 32.2. The van der Waals surface area contributed by atoms with Crippen LogP contribution in [0.3, 0.4) is 0 Å². The van der Waals surface area contributed by atoms with Gasteiger partial charge in [-0.3, -0.25) is 4.21 Å². The first kappa shape index (κ1) is 9.26. The third-order valence-corrected chi connectivity index (χ3v) is 2.36. The zero-order valence-corrected chi connectivity index (χ0v) is 8.15. The standard InChI is InChI=1S/C9H13NOS/c1-8-9(7-12(2)11)5-3-4-6-10-8/h3-6,10H,7H2,1-2H3/t12-/m1/s1. The largest absolute Gasteiger partial charge is 0.365 e. The Labute approximate surface area is 75.5 Å². The topological polar surface area (TPSA) is 29.1 Å². The van der Waals surface area contributed by atoms with Crippen molar-refractivity contribution in [2.75, 3.05) is 12.0 Å². The molecule has 1 N–H and O–H groups in total. The molecule has 0 aromatic carbocycles. The van der Waals surface area contributed by atoms with Gasteiger partial charge in [-0.15, -0.1) is 0 Å². The summed E-state index contributed by atoms with van der Waals surface area (Å²) in [5, 5.41) is 3.10. The minimum Gasteiger partial charge on any atom is -0.365 e. The van der Waals surface area contributed by atoms with Crippen molar-refractivity contribution in [1.82, 2.24) is 5.32 Å². The first-order valence-corrected chi connectivity index (χ1v) is 5.52. The monoisotopic (exact) mass is 183 g/mol. The molecule has 0 aliphatic carbocycles. The molecule has 0 radical (unpaired) electrons. The molecule has 0 bridgehead atoms. The van der Waals surface area contributed by atoms with Gasteiger partial charge in [0.25, 0.3) is 0 Å². The van der Waals surface area contributed by atoms with Crippen molar-refractivity contribution in [3.05, 3.63) is 35.7 Å². The second kappa shape index (κ2) is 4.26. The fourth-order valence-corrected chi connectivity index (χ4v) is 1.74. The van der Waals surface area contributed by atoms with E-state index in [-0.39, 0.29) is 0 Å². The van der Waals surface area contributed by atoms with Crippen LogP contribution in [-0.4, -0.2) is 16.2 Å². The van der Waals surface area contributed by atoms with Crippen LogP contribution in [0.25, 0.3) is 0 Å². The lowest BCUT2D eigenvalue weighted by Crippen LogP contribution is -2.07. The fourth-order valence-electron chi connectivity index (χ4n) is 0.993. The molecule has 0 saturated carbocycles. The average Bonchev–Trinajstić information content (AvgIpc) is 2.16. The summed E-state index contributed by atoms with van der Waals surface area (Å²) >= 11 is 0. The smallest absolute Gasteiger partial charge is 0.0499 e. The lowest BCUT2D eigenvalue weighted by molar-refractivity contribution is 0.688. The maximum Gasteiger partial charge on any atom is 0.0499 e. The van der Waals surface area contributed by atoms with E-state index in [0.717, 1.165) is 11.3 Å². The van der Waals surface area contributed by atoms with Crippen molar-refractivity contribution in [2.45, 2.75) is 6.92 Å². The van der Waals surface area contributed by atoms with Crippen LogP contribution in [0.15, 0.2) is 35.7 Å². The highest BCUT2D eigenvalue weighted by Gasteiger charge is 2.01. The van der Waals surface area contributed by atoms with Gasteiger partial charge in [0.05, 0.1) is 0 Å². The van der Waals surface area contributed by atoms with Crippen LogP contribution in [0.1, 0.15) is 6.92 Å². The Kier molecular flexibility index (Phi) is 3.29. The number of hydrogen-bond donors (Lipinski definition) is 1. The first-order valence-electron chi connectivity index (χ1n) is 3.79. The van der Waals surface area contributed by atoms with Crippen LogP contribution in [0.5, 0.6) is 0 Å². The van der Waals surface area contributed by atoms with Gasteiger partial charge in [-0.05, 0) is 18.6 Å². The van der Waals surface area contributed by atoms with Crippen molar-refractivity contribution >= 4 is 10.8 Å². The predicted molar refractivity (Wildman–Crippen MR) is 53.0 cm³/mol. The molecule has 1 heterocycles. The molecule has 0 aromatic rings. The van der Waals surface area contributed by atoms with Gasteiger partial charge >= 0.3 is 0 Å². The number of nitrogens with one attached hydrogen (secondary N) is 1. The van der Waals surface area contributed by atoms with E-state index in [2.05, 4.69) is 5.32 Å². The van der Waals surface area contributed by atoms with Gasteiger partial charge in [0.15, 0.2) is 0 Å². The van der Waals surface area contributed by atoms with Gasteiger partial charge in [-0.2, -0.15) is 0 Å². The molecule has 1 aliphatic heterocycles. The lowest BCUT2D eigenvalue weighted by Gasteiger charge is -2.04. The van der Waals surface area contributed by atoms with E-state index in [1.54, 1.807) is 6.26 Å². The van der Waals surface area contributed by atoms with E-state index >= 15 is 0 Å². The average molecular weight is 183 g/mol. The minimum atomic E-state index is -0.768. The van der Waals surface area contributed by atoms with Crippen LogP contribution in [0, 0.1) is 0 Å². The summed E-state index contributed by atoms with van der Waals surface area (Å²) < 4.78 is 11.0. The lowest BCUT2D eigenvalue weighted by atomic mass is 10.2. The van der Waals surface area contributed by atoms with E-state index in [1.807, 2.05) is 31.4 Å². The van der Waals surface area contributed by atoms with Gasteiger partial charge in [0.1, 0.15) is 0 Å². The molecule has 0 amide bonds. The summed E-state index contributed by atoms with van der Waals surface area (Å²) in [4.78, 5) is 0. The third kappa shape index (κ3) is 2.66. The summed E-state index contributed by atoms with van der Waals surface area (Å²) in [6.45, 7) is 1.99. The fraction of sp³-hybridized carbons (Fsp3) is 0.333. The maximum atomic E-state index is 11.0. The zero-order chi connectivity index (χ0) is 8.97. The molecule has 66 valence electrons. The normalized spacial score (nSPS) is 18.8. The van der Waals surface area contributed by atoms with E-state index in [9.17, 15) is 4.21 Å². The molecular weight excluding hydrogens is 170 g/mol. The molecule has 1 aliphatic rings. The van der Waals surface area contributed by atoms with E-state index in [1.165, 1.54) is 0 Å². The molecule has 0 aromatic heterocycles. The summed E-state index contributed by atoms with van der Waals surface area (Å²) in [6.07, 6.45) is 9.46. The van der Waals surface area contributed by atoms with E-state index in [0.29, 0.717) is 5.75 Å². The van der Waals surface area contributed by atoms with Gasteiger partial charge < -0.3 is 5.32 Å². The Morgan fingerprint density at radius 3 is 2.92 bits per heavy atom. The second-order valence-electron chi connectivity index (χ2n) is 2.73. The molecular formula is C9H13NOS. The Morgan fingerprint density at radius 2 is 2.25 bits per heavy atom. The molecule has 0 unspecified atom stereocenters. The molecule has 12 heavy (non-hydrogen) atoms. The molecule has 0 fully saturated rings. The molecule has 2 nitrogen and oxygen atoms in total. The highest BCUT2D eigenvalue weighted by molar-refractivity contribution is 7.84. The second-order valence-corrected chi connectivity index (χ2v) is 4.17. The number of hydrogen-bond acceptors (Lipinski definition) is 2. The predicted octanol–water partition coefficient (Wildman–Crippen LogP) is 1.31. The van der Waals surface area contributed by atoms with Crippen LogP contribution in [0.2, 0.25) is 0 Å². The van der Waals surface area contributed by atoms with Crippen LogP contribution >= 0.6 is 0 Å². The minimum absolute atomic E-state index is 0.622. The van der Waals surface area contributed by atoms with Crippen LogP contribution in [0.4, 0.5) is 0 Å². The van der Waals surface area contributed by atoms with Crippen molar-refractivity contribution in [1.29, 1.82) is 0 Å². The van der Waals surface area contributed by atoms with E-state index < -0.39 is 10.8 Å². The summed E-state index contributed by atoms with van der Waals surface area (Å²) in [5.41, 5.74) is 2.19. The van der Waals surface area contributed by atoms with Gasteiger partial charge in [-0.25, -0.2) is 0 Å². The van der Waals surface area contributed by atoms with Gasteiger partial charge in [0, 0.05) is 34.7 Å². The van der Waals surface area contributed by atoms with Gasteiger partial charge in [-0.1, -0.05) is 12.2 Å².